The van der Waals surface area contributed by atoms with Gasteiger partial charge in [-0.25, -0.2) is 0 Å². The van der Waals surface area contributed by atoms with Gasteiger partial charge in [0.05, 0.1) is 5.69 Å². The number of hydrogen-bond acceptors (Lipinski definition) is 2. The first kappa shape index (κ1) is 9.01. The second kappa shape index (κ2) is 3.12. The van der Waals surface area contributed by atoms with Crippen LogP contribution >= 0.6 is 0 Å². The molecule has 15 heavy (non-hydrogen) atoms. The summed E-state index contributed by atoms with van der Waals surface area (Å²) in [4.78, 5) is 11.2. The average molecular weight is 204 g/mol. The molecule has 0 aliphatic heterocycles. The van der Waals surface area contributed by atoms with Crippen molar-refractivity contribution in [2.45, 2.75) is 31.7 Å². The molecule has 0 aromatic carbocycles. The molecule has 2 aliphatic rings. The summed E-state index contributed by atoms with van der Waals surface area (Å²) < 4.78 is 2.15. The normalized spacial score (nSPS) is 33.5. The fraction of sp³-hybridized carbons (Fsp3) is 0.583. The molecule has 0 spiro atoms. The van der Waals surface area contributed by atoms with E-state index >= 15 is 0 Å². The molecule has 2 N–H and O–H groups in total. The maximum atomic E-state index is 11.2. The minimum absolute atomic E-state index is 0.0607. The summed E-state index contributed by atoms with van der Waals surface area (Å²) in [5, 5.41) is 0. The van der Waals surface area contributed by atoms with Gasteiger partial charge in [0.15, 0.2) is 0 Å². The fourth-order valence-electron chi connectivity index (χ4n) is 3.30. The molecule has 3 heteroatoms. The molecule has 0 amide bonds. The summed E-state index contributed by atoms with van der Waals surface area (Å²) in [5.74, 6) is 1.73. The first-order valence-corrected chi connectivity index (χ1v) is 5.71. The number of rotatable bonds is 1. The second-order valence-corrected chi connectivity index (χ2v) is 4.95. The van der Waals surface area contributed by atoms with Crippen molar-refractivity contribution in [3.8, 4) is 0 Å². The maximum absolute atomic E-state index is 11.2. The maximum Gasteiger partial charge on any atom is 0.204 e. The number of aromatic nitrogens is 1. The van der Waals surface area contributed by atoms with E-state index in [0.717, 1.165) is 11.8 Å². The highest BCUT2D eigenvalue weighted by Crippen LogP contribution is 2.50. The van der Waals surface area contributed by atoms with Gasteiger partial charge in [0.1, 0.15) is 0 Å². The third kappa shape index (κ3) is 1.37. The van der Waals surface area contributed by atoms with Crippen molar-refractivity contribution in [1.82, 2.24) is 4.57 Å². The van der Waals surface area contributed by atoms with Gasteiger partial charge in [-0.15, -0.1) is 0 Å². The Morgan fingerprint density at radius 1 is 1.33 bits per heavy atom. The predicted molar refractivity (Wildman–Crippen MR) is 59.6 cm³/mol. The quantitative estimate of drug-likeness (QED) is 0.758. The minimum Gasteiger partial charge on any atom is -0.394 e. The molecule has 3 nitrogen and oxygen atoms in total. The minimum atomic E-state index is -0.0607. The van der Waals surface area contributed by atoms with Gasteiger partial charge in [0.25, 0.3) is 0 Å². The SMILES string of the molecule is Nc1cn(C2CC3CCC2C3)ccc1=O. The monoisotopic (exact) mass is 204 g/mol. The molecule has 3 unspecified atom stereocenters. The molecule has 2 aliphatic carbocycles. The van der Waals surface area contributed by atoms with Gasteiger partial charge in [-0.05, 0) is 31.1 Å². The van der Waals surface area contributed by atoms with Crippen LogP contribution in [-0.4, -0.2) is 4.57 Å². The fourth-order valence-corrected chi connectivity index (χ4v) is 3.30. The number of pyridine rings is 1. The van der Waals surface area contributed by atoms with Crippen LogP contribution in [0.2, 0.25) is 0 Å². The molecule has 80 valence electrons. The van der Waals surface area contributed by atoms with Gasteiger partial charge in [-0.3, -0.25) is 4.79 Å². The number of nitrogens with two attached hydrogens (primary N) is 1. The van der Waals surface area contributed by atoms with Gasteiger partial charge in [0, 0.05) is 24.5 Å². The highest BCUT2D eigenvalue weighted by molar-refractivity contribution is 5.33. The van der Waals surface area contributed by atoms with Gasteiger partial charge < -0.3 is 10.3 Å². The molecule has 1 aromatic rings. The van der Waals surface area contributed by atoms with Gasteiger partial charge >= 0.3 is 0 Å². The van der Waals surface area contributed by atoms with Crippen molar-refractivity contribution < 1.29 is 0 Å². The van der Waals surface area contributed by atoms with Crippen LogP contribution in [0.4, 0.5) is 5.69 Å². The van der Waals surface area contributed by atoms with E-state index in [4.69, 9.17) is 5.73 Å². The zero-order valence-electron chi connectivity index (χ0n) is 8.73. The molecule has 3 atom stereocenters. The zero-order chi connectivity index (χ0) is 10.4. The Hall–Kier alpha value is -1.25. The topological polar surface area (TPSA) is 48.0 Å². The van der Waals surface area contributed by atoms with Crippen LogP contribution < -0.4 is 11.2 Å². The first-order chi connectivity index (χ1) is 7.24. The van der Waals surface area contributed by atoms with Gasteiger partial charge in [-0.1, -0.05) is 6.42 Å². The van der Waals surface area contributed by atoms with E-state index in [1.165, 1.54) is 25.7 Å². The standard InChI is InChI=1S/C12H16N2O/c13-10-7-14(4-3-12(10)15)11-6-8-1-2-9(11)5-8/h3-4,7-9,11H,1-2,5-6,13H2. The summed E-state index contributed by atoms with van der Waals surface area (Å²) >= 11 is 0. The molecule has 2 bridgehead atoms. The van der Waals surface area contributed by atoms with Crippen molar-refractivity contribution in [3.63, 3.8) is 0 Å². The number of anilines is 1. The van der Waals surface area contributed by atoms with Crippen molar-refractivity contribution in [3.05, 3.63) is 28.7 Å². The van der Waals surface area contributed by atoms with Crippen LogP contribution in [0.1, 0.15) is 31.7 Å². The Bertz CT molecular complexity index is 437. The zero-order valence-corrected chi connectivity index (χ0v) is 8.73. The molecule has 1 heterocycles. The third-order valence-electron chi connectivity index (χ3n) is 4.05. The van der Waals surface area contributed by atoms with Crippen LogP contribution in [-0.2, 0) is 0 Å². The summed E-state index contributed by atoms with van der Waals surface area (Å²) in [6, 6.07) is 2.17. The van der Waals surface area contributed by atoms with E-state index in [1.807, 2.05) is 12.4 Å². The van der Waals surface area contributed by atoms with Crippen LogP contribution in [0, 0.1) is 11.8 Å². The number of nitrogen functional groups attached to an aromatic ring is 1. The largest absolute Gasteiger partial charge is 0.394 e. The Kier molecular flexibility index (Phi) is 1.87. The Morgan fingerprint density at radius 2 is 2.20 bits per heavy atom. The van der Waals surface area contributed by atoms with Crippen LogP contribution in [0.25, 0.3) is 0 Å². The van der Waals surface area contributed by atoms with Crippen LogP contribution in [0.15, 0.2) is 23.3 Å². The van der Waals surface area contributed by atoms with E-state index in [-0.39, 0.29) is 5.43 Å². The third-order valence-corrected chi connectivity index (χ3v) is 4.05. The number of hydrogen-bond donors (Lipinski definition) is 1. The highest BCUT2D eigenvalue weighted by Gasteiger charge is 2.39. The van der Waals surface area contributed by atoms with E-state index in [9.17, 15) is 4.79 Å². The number of fused-ring (bicyclic) bond motifs is 2. The van der Waals surface area contributed by atoms with Gasteiger partial charge in [-0.2, -0.15) is 0 Å². The second-order valence-electron chi connectivity index (χ2n) is 4.95. The molecule has 2 saturated carbocycles. The summed E-state index contributed by atoms with van der Waals surface area (Å²) in [6.07, 6.45) is 9.10. The molecule has 0 saturated heterocycles. The lowest BCUT2D eigenvalue weighted by molar-refractivity contribution is 0.329. The molecule has 2 fully saturated rings. The van der Waals surface area contributed by atoms with Crippen LogP contribution in [0.3, 0.4) is 0 Å². The highest BCUT2D eigenvalue weighted by atomic mass is 16.1. The Balaban J connectivity index is 1.93. The average Bonchev–Trinajstić information content (AvgIpc) is 2.83. The van der Waals surface area contributed by atoms with Crippen molar-refractivity contribution >= 4 is 5.69 Å². The van der Waals surface area contributed by atoms with E-state index in [2.05, 4.69) is 4.57 Å². The molecular weight excluding hydrogens is 188 g/mol. The molecule has 1 aromatic heterocycles. The van der Waals surface area contributed by atoms with Gasteiger partial charge in [0.2, 0.25) is 5.43 Å². The van der Waals surface area contributed by atoms with Crippen LogP contribution in [0.5, 0.6) is 0 Å². The smallest absolute Gasteiger partial charge is 0.204 e. The van der Waals surface area contributed by atoms with E-state index in [0.29, 0.717) is 11.7 Å². The Morgan fingerprint density at radius 3 is 2.80 bits per heavy atom. The van der Waals surface area contributed by atoms with Crippen molar-refractivity contribution in [2.24, 2.45) is 11.8 Å². The lowest BCUT2D eigenvalue weighted by Gasteiger charge is -2.24. The Labute approximate surface area is 88.9 Å². The van der Waals surface area contributed by atoms with E-state index < -0.39 is 0 Å². The molecule has 0 radical (unpaired) electrons. The lowest BCUT2D eigenvalue weighted by Crippen LogP contribution is -2.19. The summed E-state index contributed by atoms with van der Waals surface area (Å²) in [6.45, 7) is 0. The summed E-state index contributed by atoms with van der Waals surface area (Å²) in [7, 11) is 0. The predicted octanol–water partition coefficient (Wildman–Crippen LogP) is 1.79. The van der Waals surface area contributed by atoms with Crippen molar-refractivity contribution in [1.29, 1.82) is 0 Å². The first-order valence-electron chi connectivity index (χ1n) is 5.71. The van der Waals surface area contributed by atoms with E-state index in [1.54, 1.807) is 6.07 Å². The summed E-state index contributed by atoms with van der Waals surface area (Å²) in [5.41, 5.74) is 5.97. The molecule has 3 rings (SSSR count). The lowest BCUT2D eigenvalue weighted by atomic mass is 9.95. The number of nitrogens with zero attached hydrogens (tertiary/aromatic N) is 1. The van der Waals surface area contributed by atoms with Crippen molar-refractivity contribution in [2.75, 3.05) is 5.73 Å². The molecular formula is C12H16N2O.